The number of fused-ring (bicyclic) bond motifs is 1. The van der Waals surface area contributed by atoms with Gasteiger partial charge in [-0.15, -0.1) is 0 Å². The van der Waals surface area contributed by atoms with E-state index in [-0.39, 0.29) is 5.91 Å². The molecule has 0 radical (unpaired) electrons. The summed E-state index contributed by atoms with van der Waals surface area (Å²) in [6, 6.07) is 7.47. The number of pyridine rings is 1. The van der Waals surface area contributed by atoms with Crippen LogP contribution in [0.15, 0.2) is 36.8 Å². The number of ether oxygens (including phenoxy) is 1. The smallest absolute Gasteiger partial charge is 0.245 e. The zero-order valence-electron chi connectivity index (χ0n) is 13.5. The Morgan fingerprint density at radius 3 is 3.00 bits per heavy atom. The lowest BCUT2D eigenvalue weighted by Crippen LogP contribution is -2.28. The lowest BCUT2D eigenvalue weighted by Gasteiger charge is -2.17. The van der Waals surface area contributed by atoms with Gasteiger partial charge in [-0.1, -0.05) is 0 Å². The van der Waals surface area contributed by atoms with Crippen molar-refractivity contribution >= 4 is 17.2 Å². The molecule has 124 valence electrons. The minimum absolute atomic E-state index is 0.228. The number of methoxy groups -OCH3 is 1. The van der Waals surface area contributed by atoms with Crippen molar-refractivity contribution in [1.82, 2.24) is 19.6 Å². The van der Waals surface area contributed by atoms with E-state index in [0.717, 1.165) is 0 Å². The predicted molar refractivity (Wildman–Crippen MR) is 88.8 cm³/mol. The molecule has 0 spiro atoms. The molecule has 0 N–H and O–H groups in total. The fourth-order valence-corrected chi connectivity index (χ4v) is 3.00. The second kappa shape index (κ2) is 5.87. The van der Waals surface area contributed by atoms with Crippen LogP contribution in [0.3, 0.4) is 0 Å². The van der Waals surface area contributed by atoms with Gasteiger partial charge < -0.3 is 4.74 Å². The number of rotatable bonds is 3. The molecule has 1 unspecified atom stereocenters. The third kappa shape index (κ3) is 2.37. The summed E-state index contributed by atoms with van der Waals surface area (Å²) in [6.45, 7) is 0.457. The number of carbonyl (C=O) groups excluding carboxylic acids is 1. The third-order valence-electron chi connectivity index (χ3n) is 4.23. The highest BCUT2D eigenvalue weighted by molar-refractivity contribution is 6.01. The lowest BCUT2D eigenvalue weighted by atomic mass is 10.1. The lowest BCUT2D eigenvalue weighted by molar-refractivity contribution is -0.119. The van der Waals surface area contributed by atoms with Gasteiger partial charge in [0.05, 0.1) is 36.8 Å². The zero-order valence-corrected chi connectivity index (χ0v) is 13.5. The van der Waals surface area contributed by atoms with E-state index in [1.165, 1.54) is 0 Å². The minimum Gasteiger partial charge on any atom is -0.481 e. The molecule has 1 fully saturated rings. The summed E-state index contributed by atoms with van der Waals surface area (Å²) in [4.78, 5) is 22.9. The van der Waals surface area contributed by atoms with Gasteiger partial charge in [0.25, 0.3) is 0 Å². The molecule has 1 aliphatic heterocycles. The topological polar surface area (TPSA) is 96.4 Å². The van der Waals surface area contributed by atoms with Crippen molar-refractivity contribution in [2.24, 2.45) is 5.92 Å². The van der Waals surface area contributed by atoms with Crippen LogP contribution < -0.4 is 9.64 Å². The maximum atomic E-state index is 12.5. The standard InChI is InChI=1S/C17H14N6O2/c1-25-16-12(3-2-6-19-16)13-10-23-14(4-7-20-23)15(21-13)22-8-5-11(9-18)17(22)24/h2-4,6-7,10-11H,5,8H2,1H3. The number of nitriles is 1. The summed E-state index contributed by atoms with van der Waals surface area (Å²) in [5.74, 6) is 0.0773. The number of hydrogen-bond donors (Lipinski definition) is 0. The van der Waals surface area contributed by atoms with Crippen LogP contribution in [0.1, 0.15) is 6.42 Å². The molecule has 25 heavy (non-hydrogen) atoms. The van der Waals surface area contributed by atoms with Crippen LogP contribution in [0.2, 0.25) is 0 Å². The molecule has 1 amide bonds. The van der Waals surface area contributed by atoms with E-state index < -0.39 is 5.92 Å². The first-order chi connectivity index (χ1) is 12.2. The van der Waals surface area contributed by atoms with E-state index in [1.54, 1.807) is 47.2 Å². The van der Waals surface area contributed by atoms with Crippen molar-refractivity contribution < 1.29 is 9.53 Å². The Morgan fingerprint density at radius 2 is 2.24 bits per heavy atom. The van der Waals surface area contributed by atoms with Gasteiger partial charge in [-0.05, 0) is 24.6 Å². The summed E-state index contributed by atoms with van der Waals surface area (Å²) in [5, 5.41) is 13.4. The van der Waals surface area contributed by atoms with E-state index >= 15 is 0 Å². The van der Waals surface area contributed by atoms with Crippen molar-refractivity contribution in [3.8, 4) is 23.2 Å². The molecule has 0 saturated carbocycles. The second-order valence-corrected chi connectivity index (χ2v) is 5.63. The fourth-order valence-electron chi connectivity index (χ4n) is 3.00. The molecule has 1 saturated heterocycles. The van der Waals surface area contributed by atoms with Crippen molar-refractivity contribution in [3.05, 3.63) is 36.8 Å². The Kier molecular flexibility index (Phi) is 3.54. The van der Waals surface area contributed by atoms with Crippen molar-refractivity contribution in [2.45, 2.75) is 6.42 Å². The largest absolute Gasteiger partial charge is 0.481 e. The molecule has 4 rings (SSSR count). The maximum Gasteiger partial charge on any atom is 0.245 e. The summed E-state index contributed by atoms with van der Waals surface area (Å²) in [5.41, 5.74) is 2.00. The van der Waals surface area contributed by atoms with Gasteiger partial charge in [-0.2, -0.15) is 10.4 Å². The summed E-state index contributed by atoms with van der Waals surface area (Å²) in [7, 11) is 1.54. The average Bonchev–Trinajstić information content (AvgIpc) is 3.27. The molecule has 0 bridgehead atoms. The fraction of sp³-hybridized carbons (Fsp3) is 0.235. The Labute approximate surface area is 143 Å². The van der Waals surface area contributed by atoms with Gasteiger partial charge >= 0.3 is 0 Å². The molecule has 0 aromatic carbocycles. The molecule has 1 aliphatic rings. The highest BCUT2D eigenvalue weighted by atomic mass is 16.5. The quantitative estimate of drug-likeness (QED) is 0.723. The first kappa shape index (κ1) is 15.1. The summed E-state index contributed by atoms with van der Waals surface area (Å²) < 4.78 is 6.97. The number of amides is 1. The van der Waals surface area contributed by atoms with E-state index in [4.69, 9.17) is 10.00 Å². The van der Waals surface area contributed by atoms with Crippen LogP contribution in [0.5, 0.6) is 5.88 Å². The summed E-state index contributed by atoms with van der Waals surface area (Å²) in [6.07, 6.45) is 5.54. The number of hydrogen-bond acceptors (Lipinski definition) is 6. The maximum absolute atomic E-state index is 12.5. The van der Waals surface area contributed by atoms with E-state index in [9.17, 15) is 4.79 Å². The average molecular weight is 334 g/mol. The molecular formula is C17H14N6O2. The van der Waals surface area contributed by atoms with Crippen LogP contribution in [0.25, 0.3) is 16.8 Å². The normalized spacial score (nSPS) is 17.0. The molecule has 4 heterocycles. The summed E-state index contributed by atoms with van der Waals surface area (Å²) >= 11 is 0. The first-order valence-corrected chi connectivity index (χ1v) is 7.77. The molecule has 1 atom stereocenters. The van der Waals surface area contributed by atoms with Gasteiger partial charge in [0, 0.05) is 12.7 Å². The molecule has 3 aromatic heterocycles. The highest BCUT2D eigenvalue weighted by Gasteiger charge is 2.34. The Morgan fingerprint density at radius 1 is 1.36 bits per heavy atom. The monoisotopic (exact) mass is 334 g/mol. The second-order valence-electron chi connectivity index (χ2n) is 5.63. The number of nitrogens with zero attached hydrogens (tertiary/aromatic N) is 6. The van der Waals surface area contributed by atoms with Crippen LogP contribution in [-0.4, -0.2) is 39.1 Å². The number of aromatic nitrogens is 4. The van der Waals surface area contributed by atoms with Crippen molar-refractivity contribution in [2.75, 3.05) is 18.6 Å². The minimum atomic E-state index is -0.624. The first-order valence-electron chi connectivity index (χ1n) is 7.77. The number of carbonyl (C=O) groups is 1. The molecule has 8 heteroatoms. The Hall–Kier alpha value is -3.47. The van der Waals surface area contributed by atoms with Gasteiger partial charge in [0.2, 0.25) is 11.8 Å². The predicted octanol–water partition coefficient (Wildman–Crippen LogP) is 1.68. The van der Waals surface area contributed by atoms with E-state index in [0.29, 0.717) is 41.4 Å². The van der Waals surface area contributed by atoms with Crippen molar-refractivity contribution in [3.63, 3.8) is 0 Å². The van der Waals surface area contributed by atoms with E-state index in [1.807, 2.05) is 12.1 Å². The van der Waals surface area contributed by atoms with Gasteiger partial charge in [-0.3, -0.25) is 9.69 Å². The van der Waals surface area contributed by atoms with Crippen LogP contribution in [0, 0.1) is 17.2 Å². The zero-order chi connectivity index (χ0) is 17.4. The molecule has 0 aliphatic carbocycles. The number of anilines is 1. The van der Waals surface area contributed by atoms with Gasteiger partial charge in [-0.25, -0.2) is 14.5 Å². The van der Waals surface area contributed by atoms with Crippen molar-refractivity contribution in [1.29, 1.82) is 5.26 Å². The highest BCUT2D eigenvalue weighted by Crippen LogP contribution is 2.32. The van der Waals surface area contributed by atoms with Gasteiger partial charge in [0.15, 0.2) is 5.82 Å². The molecular weight excluding hydrogens is 320 g/mol. The van der Waals surface area contributed by atoms with Gasteiger partial charge in [0.1, 0.15) is 11.4 Å². The Balaban J connectivity index is 1.89. The van der Waals surface area contributed by atoms with Crippen LogP contribution in [-0.2, 0) is 4.79 Å². The molecule has 3 aromatic rings. The SMILES string of the molecule is COc1ncccc1-c1cn2nccc2c(N2CCC(C#N)C2=O)n1. The Bertz CT molecular complexity index is 1010. The van der Waals surface area contributed by atoms with Crippen LogP contribution >= 0.6 is 0 Å². The van der Waals surface area contributed by atoms with Crippen LogP contribution in [0.4, 0.5) is 5.82 Å². The van der Waals surface area contributed by atoms with E-state index in [2.05, 4.69) is 15.1 Å². The third-order valence-corrected chi connectivity index (χ3v) is 4.23. The molecule has 8 nitrogen and oxygen atoms in total.